The Balaban J connectivity index is 2.38. The third-order valence-electron chi connectivity index (χ3n) is 4.40. The summed E-state index contributed by atoms with van der Waals surface area (Å²) in [5, 5.41) is 0. The third kappa shape index (κ3) is 7.00. The van der Waals surface area contributed by atoms with Crippen molar-refractivity contribution in [3.8, 4) is 0 Å². The van der Waals surface area contributed by atoms with Gasteiger partial charge in [0.1, 0.15) is 0 Å². The van der Waals surface area contributed by atoms with Crippen molar-refractivity contribution in [3.63, 3.8) is 0 Å². The largest absolute Gasteiger partial charge is 0.0839 e. The average molecular weight is 353 g/mol. The van der Waals surface area contributed by atoms with Crippen LogP contribution in [0.15, 0.2) is 18.2 Å². The Hall–Kier alpha value is -0.300. The molecule has 1 aromatic carbocycles. The van der Waals surface area contributed by atoms with Gasteiger partial charge in [-0.1, -0.05) is 99.8 Å². The number of halogens is 1. The molecule has 1 atom stereocenters. The number of rotatable bonds is 11. The number of aryl methyl sites for hydroxylation is 2. The van der Waals surface area contributed by atoms with E-state index < -0.39 is 0 Å². The molecule has 0 radical (unpaired) electrons. The van der Waals surface area contributed by atoms with E-state index in [0.29, 0.717) is 4.83 Å². The second kappa shape index (κ2) is 11.3. The van der Waals surface area contributed by atoms with Crippen molar-refractivity contribution < 1.29 is 0 Å². The van der Waals surface area contributed by atoms with Gasteiger partial charge in [-0.25, -0.2) is 0 Å². The van der Waals surface area contributed by atoms with Crippen LogP contribution in [-0.2, 0) is 12.8 Å². The second-order valence-electron chi connectivity index (χ2n) is 6.12. The fraction of sp³-hybridized carbons (Fsp3) is 0.700. The summed E-state index contributed by atoms with van der Waals surface area (Å²) in [6.45, 7) is 6.79. The van der Waals surface area contributed by atoms with Gasteiger partial charge in [0, 0.05) is 4.83 Å². The Morgan fingerprint density at radius 3 is 2.14 bits per heavy atom. The van der Waals surface area contributed by atoms with Crippen molar-refractivity contribution in [1.29, 1.82) is 0 Å². The number of benzene rings is 1. The van der Waals surface area contributed by atoms with Crippen LogP contribution in [0.1, 0.15) is 93.7 Å². The molecule has 0 aliphatic rings. The normalized spacial score (nSPS) is 12.6. The summed E-state index contributed by atoms with van der Waals surface area (Å²) < 4.78 is 0. The highest BCUT2D eigenvalue weighted by atomic mass is 79.9. The molecule has 0 aliphatic carbocycles. The molecule has 1 rings (SSSR count). The van der Waals surface area contributed by atoms with E-state index in [1.165, 1.54) is 68.1 Å². The lowest BCUT2D eigenvalue weighted by molar-refractivity contribution is 0.574. The number of unbranched alkanes of at least 4 members (excludes halogenated alkanes) is 6. The van der Waals surface area contributed by atoms with Crippen LogP contribution in [-0.4, -0.2) is 0 Å². The van der Waals surface area contributed by atoms with Gasteiger partial charge in [-0.15, -0.1) is 0 Å². The van der Waals surface area contributed by atoms with E-state index in [9.17, 15) is 0 Å². The van der Waals surface area contributed by atoms with Gasteiger partial charge in [-0.3, -0.25) is 0 Å². The molecule has 0 nitrogen and oxygen atoms in total. The zero-order chi connectivity index (χ0) is 15.5. The number of hydrogen-bond acceptors (Lipinski definition) is 0. The smallest absolute Gasteiger partial charge is 0.0398 e. The van der Waals surface area contributed by atoms with Crippen molar-refractivity contribution in [2.24, 2.45) is 0 Å². The van der Waals surface area contributed by atoms with Crippen LogP contribution in [0.5, 0.6) is 0 Å². The van der Waals surface area contributed by atoms with Gasteiger partial charge < -0.3 is 0 Å². The molecule has 0 aromatic heterocycles. The SMILES string of the molecule is CCCCCCCCCC(Br)c1cc(CC)ccc1CC. The first-order valence-electron chi connectivity index (χ1n) is 8.98. The molecule has 0 saturated carbocycles. The first-order valence-corrected chi connectivity index (χ1v) is 9.90. The van der Waals surface area contributed by atoms with E-state index in [2.05, 4.69) is 54.9 Å². The molecule has 0 saturated heterocycles. The lowest BCUT2D eigenvalue weighted by atomic mass is 9.96. The second-order valence-corrected chi connectivity index (χ2v) is 7.22. The van der Waals surface area contributed by atoms with Crippen molar-refractivity contribution in [1.82, 2.24) is 0 Å². The minimum atomic E-state index is 0.537. The zero-order valence-electron chi connectivity index (χ0n) is 14.3. The van der Waals surface area contributed by atoms with E-state index in [-0.39, 0.29) is 0 Å². The summed E-state index contributed by atoms with van der Waals surface area (Å²) in [7, 11) is 0. The van der Waals surface area contributed by atoms with Crippen LogP contribution in [0, 0.1) is 0 Å². The van der Waals surface area contributed by atoms with Crippen LogP contribution < -0.4 is 0 Å². The van der Waals surface area contributed by atoms with Crippen LogP contribution in [0.2, 0.25) is 0 Å². The molecule has 1 aromatic rings. The zero-order valence-corrected chi connectivity index (χ0v) is 15.8. The molecular weight excluding hydrogens is 320 g/mol. The van der Waals surface area contributed by atoms with Gasteiger partial charge >= 0.3 is 0 Å². The molecule has 0 fully saturated rings. The molecule has 0 amide bonds. The highest BCUT2D eigenvalue weighted by Gasteiger charge is 2.11. The molecule has 0 aliphatic heterocycles. The first-order chi connectivity index (χ1) is 10.2. The Bertz CT molecular complexity index is 383. The maximum Gasteiger partial charge on any atom is 0.0398 e. The summed E-state index contributed by atoms with van der Waals surface area (Å²) in [6.07, 6.45) is 13.3. The molecule has 0 N–H and O–H groups in total. The molecule has 21 heavy (non-hydrogen) atoms. The summed E-state index contributed by atoms with van der Waals surface area (Å²) >= 11 is 3.94. The fourth-order valence-electron chi connectivity index (χ4n) is 2.91. The Labute approximate surface area is 140 Å². The maximum absolute atomic E-state index is 3.94. The first kappa shape index (κ1) is 18.7. The van der Waals surface area contributed by atoms with Crippen molar-refractivity contribution in [2.45, 2.75) is 89.8 Å². The van der Waals surface area contributed by atoms with E-state index in [0.717, 1.165) is 12.8 Å². The predicted molar refractivity (Wildman–Crippen MR) is 99.5 cm³/mol. The Morgan fingerprint density at radius 1 is 0.857 bits per heavy atom. The molecule has 0 bridgehead atoms. The molecule has 0 spiro atoms. The van der Waals surface area contributed by atoms with Gasteiger partial charge in [0.05, 0.1) is 0 Å². The van der Waals surface area contributed by atoms with E-state index in [1.807, 2.05) is 0 Å². The summed E-state index contributed by atoms with van der Waals surface area (Å²) in [6, 6.07) is 7.03. The van der Waals surface area contributed by atoms with E-state index >= 15 is 0 Å². The number of hydrogen-bond donors (Lipinski definition) is 0. The van der Waals surface area contributed by atoms with Crippen molar-refractivity contribution in [2.75, 3.05) is 0 Å². The summed E-state index contributed by atoms with van der Waals surface area (Å²) in [5.41, 5.74) is 4.51. The highest BCUT2D eigenvalue weighted by molar-refractivity contribution is 9.09. The van der Waals surface area contributed by atoms with Gasteiger partial charge in [0.15, 0.2) is 0 Å². The van der Waals surface area contributed by atoms with Crippen LogP contribution >= 0.6 is 15.9 Å². The van der Waals surface area contributed by atoms with Crippen LogP contribution in [0.3, 0.4) is 0 Å². The molecule has 120 valence electrons. The van der Waals surface area contributed by atoms with Crippen molar-refractivity contribution >= 4 is 15.9 Å². The monoisotopic (exact) mass is 352 g/mol. The Morgan fingerprint density at radius 2 is 1.52 bits per heavy atom. The predicted octanol–water partition coefficient (Wildman–Crippen LogP) is 7.39. The number of alkyl halides is 1. The van der Waals surface area contributed by atoms with Crippen LogP contribution in [0.4, 0.5) is 0 Å². The quantitative estimate of drug-likeness (QED) is 0.287. The minimum absolute atomic E-state index is 0.537. The summed E-state index contributed by atoms with van der Waals surface area (Å²) in [5.74, 6) is 0. The molecule has 0 heterocycles. The Kier molecular flexibility index (Phi) is 10.1. The minimum Gasteiger partial charge on any atom is -0.0839 e. The van der Waals surface area contributed by atoms with Gasteiger partial charge in [0.2, 0.25) is 0 Å². The molecule has 1 heteroatoms. The summed E-state index contributed by atoms with van der Waals surface area (Å²) in [4.78, 5) is 0.537. The van der Waals surface area contributed by atoms with Gasteiger partial charge in [-0.2, -0.15) is 0 Å². The highest BCUT2D eigenvalue weighted by Crippen LogP contribution is 2.32. The van der Waals surface area contributed by atoms with Gasteiger partial charge in [0.25, 0.3) is 0 Å². The van der Waals surface area contributed by atoms with Gasteiger partial charge in [-0.05, 0) is 36.0 Å². The lowest BCUT2D eigenvalue weighted by Crippen LogP contribution is -1.98. The van der Waals surface area contributed by atoms with E-state index in [1.54, 1.807) is 0 Å². The van der Waals surface area contributed by atoms with E-state index in [4.69, 9.17) is 0 Å². The topological polar surface area (TPSA) is 0 Å². The third-order valence-corrected chi connectivity index (χ3v) is 5.35. The molecular formula is C20H33Br. The maximum atomic E-state index is 3.94. The fourth-order valence-corrected chi connectivity index (χ4v) is 3.66. The average Bonchev–Trinajstić information content (AvgIpc) is 2.53. The van der Waals surface area contributed by atoms with Crippen LogP contribution in [0.25, 0.3) is 0 Å². The molecule has 1 unspecified atom stereocenters. The standard InChI is InChI=1S/C20H33Br/c1-4-7-8-9-10-11-12-13-20(21)19-16-17(5-2)14-15-18(19)6-3/h14-16,20H,4-13H2,1-3H3. The van der Waals surface area contributed by atoms with Crippen molar-refractivity contribution in [3.05, 3.63) is 34.9 Å². The lowest BCUT2D eigenvalue weighted by Gasteiger charge is -2.16.